The van der Waals surface area contributed by atoms with Gasteiger partial charge in [0.05, 0.1) is 16.3 Å². The van der Waals surface area contributed by atoms with Crippen molar-refractivity contribution in [1.82, 2.24) is 0 Å². The highest BCUT2D eigenvalue weighted by molar-refractivity contribution is 9.10. The molecular formula is C23H40Br2O5. The molecule has 5 nitrogen and oxygen atoms in total. The predicted molar refractivity (Wildman–Crippen MR) is 128 cm³/mol. The molecule has 0 amide bonds. The maximum atomic E-state index is 12.5. The SMILES string of the molecule is CCCCCC(CCCC(Br)(CCCCCCC(=O)OCC)C(=O)CBr)OC(C)=O. The van der Waals surface area contributed by atoms with Crippen LogP contribution in [-0.2, 0) is 23.9 Å². The second kappa shape index (κ2) is 18.2. The molecule has 0 saturated heterocycles. The van der Waals surface area contributed by atoms with Gasteiger partial charge in [0.15, 0.2) is 5.78 Å². The molecule has 30 heavy (non-hydrogen) atoms. The van der Waals surface area contributed by atoms with Crippen molar-refractivity contribution in [2.24, 2.45) is 0 Å². The van der Waals surface area contributed by atoms with Gasteiger partial charge in [-0.25, -0.2) is 0 Å². The minimum Gasteiger partial charge on any atom is -0.466 e. The van der Waals surface area contributed by atoms with Gasteiger partial charge in [0.1, 0.15) is 6.10 Å². The molecule has 0 spiro atoms. The van der Waals surface area contributed by atoms with Gasteiger partial charge < -0.3 is 9.47 Å². The summed E-state index contributed by atoms with van der Waals surface area (Å²) in [6.45, 7) is 5.85. The van der Waals surface area contributed by atoms with Crippen molar-refractivity contribution in [2.45, 2.75) is 115 Å². The van der Waals surface area contributed by atoms with Gasteiger partial charge in [-0.2, -0.15) is 0 Å². The molecule has 0 aliphatic rings. The molecule has 0 aromatic heterocycles. The molecular weight excluding hydrogens is 516 g/mol. The molecule has 0 bridgehead atoms. The van der Waals surface area contributed by atoms with Gasteiger partial charge in [0.2, 0.25) is 0 Å². The summed E-state index contributed by atoms with van der Waals surface area (Å²) in [5, 5.41) is 0.324. The molecule has 2 unspecified atom stereocenters. The third-order valence-electron chi connectivity index (χ3n) is 5.19. The van der Waals surface area contributed by atoms with Crippen LogP contribution in [-0.4, -0.2) is 40.1 Å². The molecule has 0 saturated carbocycles. The standard InChI is InChI=1S/C23H40Br2O5/c1-4-6-9-13-20(30-19(3)26)14-12-17-23(25,21(27)18-24)16-11-8-7-10-15-22(28)29-5-2/h20H,4-18H2,1-3H3. The quantitative estimate of drug-likeness (QED) is 0.101. The van der Waals surface area contributed by atoms with Crippen LogP contribution < -0.4 is 0 Å². The van der Waals surface area contributed by atoms with Crippen LogP contribution in [0.2, 0.25) is 0 Å². The number of rotatable bonds is 19. The van der Waals surface area contributed by atoms with Crippen LogP contribution >= 0.6 is 31.9 Å². The van der Waals surface area contributed by atoms with E-state index in [1.165, 1.54) is 6.92 Å². The lowest BCUT2D eigenvalue weighted by molar-refractivity contribution is -0.147. The number of unbranched alkanes of at least 4 members (excludes halogenated alkanes) is 5. The summed E-state index contributed by atoms with van der Waals surface area (Å²) in [5.74, 6) is -0.215. The molecule has 2 atom stereocenters. The number of halogens is 2. The van der Waals surface area contributed by atoms with Crippen LogP contribution in [0.1, 0.15) is 104 Å². The molecule has 0 N–H and O–H groups in total. The highest BCUT2D eigenvalue weighted by Crippen LogP contribution is 2.34. The number of alkyl halides is 2. The minimum absolute atomic E-state index is 0.0623. The number of hydrogen-bond donors (Lipinski definition) is 0. The Bertz CT molecular complexity index is 498. The van der Waals surface area contributed by atoms with E-state index in [9.17, 15) is 14.4 Å². The number of carbonyl (C=O) groups excluding carboxylic acids is 3. The number of Topliss-reactive ketones (excluding diaryl/α,β-unsaturated/α-hetero) is 1. The predicted octanol–water partition coefficient (Wildman–Crippen LogP) is 6.67. The van der Waals surface area contributed by atoms with Gasteiger partial charge >= 0.3 is 11.9 Å². The van der Waals surface area contributed by atoms with Crippen molar-refractivity contribution in [3.05, 3.63) is 0 Å². The Morgan fingerprint density at radius 3 is 2.13 bits per heavy atom. The third kappa shape index (κ3) is 14.6. The molecule has 0 aromatic rings. The van der Waals surface area contributed by atoms with Crippen LogP contribution in [0.4, 0.5) is 0 Å². The smallest absolute Gasteiger partial charge is 0.305 e. The molecule has 0 fully saturated rings. The lowest BCUT2D eigenvalue weighted by Gasteiger charge is -2.26. The van der Waals surface area contributed by atoms with Crippen molar-refractivity contribution >= 4 is 49.6 Å². The first-order valence-electron chi connectivity index (χ1n) is 11.4. The third-order valence-corrected chi connectivity index (χ3v) is 6.94. The fraction of sp³-hybridized carbons (Fsp3) is 0.870. The van der Waals surface area contributed by atoms with Crippen LogP contribution in [0.3, 0.4) is 0 Å². The lowest BCUT2D eigenvalue weighted by atomic mass is 9.90. The van der Waals surface area contributed by atoms with Crippen LogP contribution in [0.15, 0.2) is 0 Å². The van der Waals surface area contributed by atoms with Crippen molar-refractivity contribution in [3.8, 4) is 0 Å². The zero-order valence-corrected chi connectivity index (χ0v) is 22.2. The van der Waals surface area contributed by atoms with Gasteiger partial charge in [0, 0.05) is 13.3 Å². The van der Waals surface area contributed by atoms with Gasteiger partial charge in [0.25, 0.3) is 0 Å². The van der Waals surface area contributed by atoms with Gasteiger partial charge in [-0.05, 0) is 51.9 Å². The molecule has 176 valence electrons. The van der Waals surface area contributed by atoms with Crippen LogP contribution in [0.25, 0.3) is 0 Å². The Morgan fingerprint density at radius 1 is 0.900 bits per heavy atom. The number of ether oxygens (including phenoxy) is 2. The van der Waals surface area contributed by atoms with E-state index in [0.29, 0.717) is 18.4 Å². The monoisotopic (exact) mass is 554 g/mol. The highest BCUT2D eigenvalue weighted by atomic mass is 79.9. The number of esters is 2. The van der Waals surface area contributed by atoms with E-state index < -0.39 is 4.32 Å². The highest BCUT2D eigenvalue weighted by Gasteiger charge is 2.33. The van der Waals surface area contributed by atoms with E-state index in [1.807, 2.05) is 6.92 Å². The van der Waals surface area contributed by atoms with Gasteiger partial charge in [-0.3, -0.25) is 14.4 Å². The summed E-state index contributed by atoms with van der Waals surface area (Å²) in [4.78, 5) is 35.3. The maximum Gasteiger partial charge on any atom is 0.305 e. The first-order valence-corrected chi connectivity index (χ1v) is 13.3. The number of carbonyl (C=O) groups is 3. The van der Waals surface area contributed by atoms with Gasteiger partial charge in [-0.15, -0.1) is 0 Å². The molecule has 0 aliphatic carbocycles. The second-order valence-electron chi connectivity index (χ2n) is 7.86. The first-order chi connectivity index (χ1) is 14.3. The molecule has 0 aromatic carbocycles. The Kier molecular flexibility index (Phi) is 17.9. The number of hydrogen-bond acceptors (Lipinski definition) is 5. The lowest BCUT2D eigenvalue weighted by Crippen LogP contribution is -2.33. The molecule has 0 aliphatic heterocycles. The zero-order valence-electron chi connectivity index (χ0n) is 19.0. The van der Waals surface area contributed by atoms with Crippen molar-refractivity contribution in [1.29, 1.82) is 0 Å². The average Bonchev–Trinajstić information content (AvgIpc) is 2.69. The summed E-state index contributed by atoms with van der Waals surface area (Å²) in [6.07, 6.45) is 11.4. The Morgan fingerprint density at radius 2 is 1.53 bits per heavy atom. The molecule has 7 heteroatoms. The van der Waals surface area contributed by atoms with E-state index in [4.69, 9.17) is 9.47 Å². The fourth-order valence-corrected chi connectivity index (χ4v) is 5.13. The summed E-state index contributed by atoms with van der Waals surface area (Å²) in [7, 11) is 0. The topological polar surface area (TPSA) is 69.7 Å². The summed E-state index contributed by atoms with van der Waals surface area (Å²) in [6, 6.07) is 0. The van der Waals surface area contributed by atoms with Crippen LogP contribution in [0.5, 0.6) is 0 Å². The largest absolute Gasteiger partial charge is 0.466 e. The Hall–Kier alpha value is -0.430. The second-order valence-corrected chi connectivity index (χ2v) is 9.94. The molecule has 0 rings (SSSR count). The summed E-state index contributed by atoms with van der Waals surface area (Å²) >= 11 is 7.04. The first kappa shape index (κ1) is 29.6. The van der Waals surface area contributed by atoms with E-state index >= 15 is 0 Å². The summed E-state index contributed by atoms with van der Waals surface area (Å²) < 4.78 is 9.87. The van der Waals surface area contributed by atoms with E-state index in [0.717, 1.165) is 77.0 Å². The Balaban J connectivity index is 4.43. The van der Waals surface area contributed by atoms with Crippen molar-refractivity contribution in [2.75, 3.05) is 11.9 Å². The van der Waals surface area contributed by atoms with Crippen LogP contribution in [0, 0.1) is 0 Å². The van der Waals surface area contributed by atoms with Gasteiger partial charge in [-0.1, -0.05) is 70.9 Å². The maximum absolute atomic E-state index is 12.5. The Labute approximate surface area is 199 Å². The summed E-state index contributed by atoms with van der Waals surface area (Å²) in [5.41, 5.74) is 0. The van der Waals surface area contributed by atoms with E-state index in [-0.39, 0.29) is 23.8 Å². The molecule has 0 heterocycles. The molecule has 0 radical (unpaired) electrons. The average molecular weight is 556 g/mol. The minimum atomic E-state index is -0.540. The normalized spacial score (nSPS) is 14.0. The zero-order chi connectivity index (χ0) is 22.8. The number of ketones is 1. The van der Waals surface area contributed by atoms with Crippen molar-refractivity contribution in [3.63, 3.8) is 0 Å². The van der Waals surface area contributed by atoms with E-state index in [1.54, 1.807) is 0 Å². The van der Waals surface area contributed by atoms with E-state index in [2.05, 4.69) is 38.8 Å². The fourth-order valence-electron chi connectivity index (χ4n) is 3.51. The van der Waals surface area contributed by atoms with Crippen molar-refractivity contribution < 1.29 is 23.9 Å².